The van der Waals surface area contributed by atoms with Gasteiger partial charge < -0.3 is 4.90 Å². The normalized spacial score (nSPS) is 19.9. The molecule has 3 rings (SSSR count). The molecule has 1 aliphatic heterocycles. The first kappa shape index (κ1) is 18.1. The van der Waals surface area contributed by atoms with E-state index in [9.17, 15) is 14.0 Å². The highest BCUT2D eigenvalue weighted by atomic mass is 19.1. The molecule has 3 amide bonds. The summed E-state index contributed by atoms with van der Waals surface area (Å²) in [6.45, 7) is 4.03. The molecule has 1 fully saturated rings. The zero-order valence-electron chi connectivity index (χ0n) is 15.1. The number of nitrogens with zero attached hydrogens (tertiary/aromatic N) is 2. The smallest absolute Gasteiger partial charge is 0.319 e. The van der Waals surface area contributed by atoms with Gasteiger partial charge in [0.2, 0.25) is 0 Å². The van der Waals surface area contributed by atoms with Gasteiger partial charge in [-0.15, -0.1) is 0 Å². The first-order valence-corrected chi connectivity index (χ1v) is 8.96. The van der Waals surface area contributed by atoms with Gasteiger partial charge in [-0.25, -0.2) is 14.1 Å². The standard InChI is InChI=1S/C21H23FN2O2/c1-15-7-6-8-16(2)23(15)21(26)24(19-9-4-3-5-10-19)20(25)17-11-13-18(22)14-12-17/h3-5,9-16H,6-8H2,1-2H3/t15-,16+. The summed E-state index contributed by atoms with van der Waals surface area (Å²) in [6, 6.07) is 14.0. The van der Waals surface area contributed by atoms with Crippen LogP contribution < -0.4 is 4.90 Å². The molecule has 5 heteroatoms. The van der Waals surface area contributed by atoms with E-state index in [4.69, 9.17) is 0 Å². The molecule has 4 nitrogen and oxygen atoms in total. The van der Waals surface area contributed by atoms with Crippen molar-refractivity contribution in [2.75, 3.05) is 4.90 Å². The van der Waals surface area contributed by atoms with Crippen molar-refractivity contribution in [3.05, 3.63) is 66.0 Å². The molecule has 0 bridgehead atoms. The van der Waals surface area contributed by atoms with Gasteiger partial charge in [-0.3, -0.25) is 4.79 Å². The third kappa shape index (κ3) is 3.62. The molecule has 136 valence electrons. The minimum Gasteiger partial charge on any atom is -0.319 e. The Hall–Kier alpha value is -2.69. The molecular weight excluding hydrogens is 331 g/mol. The highest BCUT2D eigenvalue weighted by molar-refractivity contribution is 6.20. The Kier molecular flexibility index (Phi) is 5.35. The molecule has 26 heavy (non-hydrogen) atoms. The maximum Gasteiger partial charge on any atom is 0.332 e. The number of likely N-dealkylation sites (tertiary alicyclic amines) is 1. The van der Waals surface area contributed by atoms with Crippen molar-refractivity contribution in [2.45, 2.75) is 45.2 Å². The van der Waals surface area contributed by atoms with Gasteiger partial charge in [0.1, 0.15) is 5.82 Å². The van der Waals surface area contributed by atoms with E-state index in [-0.39, 0.29) is 23.7 Å². The second-order valence-electron chi connectivity index (χ2n) is 6.80. The number of piperidine rings is 1. The summed E-state index contributed by atoms with van der Waals surface area (Å²) >= 11 is 0. The summed E-state index contributed by atoms with van der Waals surface area (Å²) < 4.78 is 13.2. The van der Waals surface area contributed by atoms with E-state index in [1.807, 2.05) is 19.9 Å². The van der Waals surface area contributed by atoms with Crippen LogP contribution in [0.3, 0.4) is 0 Å². The lowest BCUT2D eigenvalue weighted by Gasteiger charge is -2.41. The van der Waals surface area contributed by atoms with Crippen LogP contribution in [0.2, 0.25) is 0 Å². The number of halogens is 1. The number of imide groups is 1. The van der Waals surface area contributed by atoms with Crippen LogP contribution in [0.5, 0.6) is 0 Å². The molecule has 0 aromatic heterocycles. The Labute approximate surface area is 153 Å². The van der Waals surface area contributed by atoms with E-state index in [1.165, 1.54) is 29.2 Å². The first-order valence-electron chi connectivity index (χ1n) is 8.96. The molecule has 2 atom stereocenters. The predicted molar refractivity (Wildman–Crippen MR) is 99.7 cm³/mol. The number of benzene rings is 2. The molecule has 0 saturated carbocycles. The molecule has 1 saturated heterocycles. The number of para-hydroxylation sites is 1. The number of carbonyl (C=O) groups is 2. The summed E-state index contributed by atoms with van der Waals surface area (Å²) in [5, 5.41) is 0. The summed E-state index contributed by atoms with van der Waals surface area (Å²) in [5.74, 6) is -0.872. The Morgan fingerprint density at radius 3 is 2.12 bits per heavy atom. The highest BCUT2D eigenvalue weighted by Gasteiger charge is 2.35. The Morgan fingerprint density at radius 2 is 1.54 bits per heavy atom. The van der Waals surface area contributed by atoms with Crippen LogP contribution in [0, 0.1) is 5.82 Å². The van der Waals surface area contributed by atoms with Crippen LogP contribution in [0.15, 0.2) is 54.6 Å². The monoisotopic (exact) mass is 354 g/mol. The van der Waals surface area contributed by atoms with Crippen LogP contribution in [-0.2, 0) is 0 Å². The van der Waals surface area contributed by atoms with Crippen molar-refractivity contribution >= 4 is 17.6 Å². The van der Waals surface area contributed by atoms with Crippen molar-refractivity contribution < 1.29 is 14.0 Å². The van der Waals surface area contributed by atoms with Gasteiger partial charge >= 0.3 is 6.03 Å². The first-order chi connectivity index (χ1) is 12.5. The fourth-order valence-electron chi connectivity index (χ4n) is 3.53. The molecule has 0 radical (unpaired) electrons. The third-order valence-electron chi connectivity index (χ3n) is 4.91. The average Bonchev–Trinajstić information content (AvgIpc) is 2.63. The van der Waals surface area contributed by atoms with Crippen LogP contribution in [0.1, 0.15) is 43.5 Å². The SMILES string of the molecule is C[C@@H]1CCC[C@H](C)N1C(=O)N(C(=O)c1ccc(F)cc1)c1ccccc1. The molecule has 2 aromatic carbocycles. The summed E-state index contributed by atoms with van der Waals surface area (Å²) in [6.07, 6.45) is 2.91. The van der Waals surface area contributed by atoms with Gasteiger partial charge in [-0.1, -0.05) is 18.2 Å². The summed E-state index contributed by atoms with van der Waals surface area (Å²) in [7, 11) is 0. The number of urea groups is 1. The van der Waals surface area contributed by atoms with Crippen LogP contribution in [0.4, 0.5) is 14.9 Å². The van der Waals surface area contributed by atoms with Gasteiger partial charge in [0, 0.05) is 17.6 Å². The van der Waals surface area contributed by atoms with Crippen molar-refractivity contribution in [3.63, 3.8) is 0 Å². The number of amides is 3. The van der Waals surface area contributed by atoms with Crippen molar-refractivity contribution in [1.82, 2.24) is 4.90 Å². The maximum absolute atomic E-state index is 13.4. The lowest BCUT2D eigenvalue weighted by Crippen LogP contribution is -2.55. The summed E-state index contributed by atoms with van der Waals surface area (Å²) in [5.41, 5.74) is 0.790. The largest absolute Gasteiger partial charge is 0.332 e. The lowest BCUT2D eigenvalue weighted by atomic mass is 9.98. The molecule has 0 unspecified atom stereocenters. The van der Waals surface area contributed by atoms with Crippen molar-refractivity contribution in [3.8, 4) is 0 Å². The molecular formula is C21H23FN2O2. The van der Waals surface area contributed by atoms with Crippen molar-refractivity contribution in [2.24, 2.45) is 0 Å². The van der Waals surface area contributed by atoms with Gasteiger partial charge in [0.15, 0.2) is 0 Å². The minimum absolute atomic E-state index is 0.0680. The Morgan fingerprint density at radius 1 is 0.962 bits per heavy atom. The number of carbonyl (C=O) groups excluding carboxylic acids is 2. The second-order valence-corrected chi connectivity index (χ2v) is 6.80. The molecule has 1 heterocycles. The van der Waals surface area contributed by atoms with E-state index in [0.29, 0.717) is 5.69 Å². The average molecular weight is 354 g/mol. The highest BCUT2D eigenvalue weighted by Crippen LogP contribution is 2.27. The fraction of sp³-hybridized carbons (Fsp3) is 0.333. The van der Waals surface area contributed by atoms with Gasteiger partial charge in [-0.2, -0.15) is 0 Å². The number of hydrogen-bond acceptors (Lipinski definition) is 2. The third-order valence-corrected chi connectivity index (χ3v) is 4.91. The Bertz CT molecular complexity index is 766. The lowest BCUT2D eigenvalue weighted by molar-refractivity contribution is 0.0954. The van der Waals surface area contributed by atoms with Crippen LogP contribution in [0.25, 0.3) is 0 Å². The molecule has 1 aliphatic rings. The second kappa shape index (κ2) is 7.68. The topological polar surface area (TPSA) is 40.6 Å². The number of hydrogen-bond donors (Lipinski definition) is 0. The van der Waals surface area contributed by atoms with E-state index in [1.54, 1.807) is 29.2 Å². The van der Waals surface area contributed by atoms with Crippen molar-refractivity contribution in [1.29, 1.82) is 0 Å². The molecule has 2 aromatic rings. The van der Waals surface area contributed by atoms with Gasteiger partial charge in [-0.05, 0) is 69.5 Å². The number of rotatable bonds is 2. The van der Waals surface area contributed by atoms with Crippen LogP contribution >= 0.6 is 0 Å². The van der Waals surface area contributed by atoms with E-state index in [0.717, 1.165) is 19.3 Å². The quantitative estimate of drug-likeness (QED) is 0.773. The van der Waals surface area contributed by atoms with E-state index >= 15 is 0 Å². The van der Waals surface area contributed by atoms with Gasteiger partial charge in [0.05, 0.1) is 5.69 Å². The molecule has 0 aliphatic carbocycles. The van der Waals surface area contributed by atoms with E-state index < -0.39 is 11.7 Å². The molecule has 0 spiro atoms. The Balaban J connectivity index is 1.99. The van der Waals surface area contributed by atoms with E-state index in [2.05, 4.69) is 0 Å². The zero-order valence-corrected chi connectivity index (χ0v) is 15.1. The summed E-state index contributed by atoms with van der Waals surface area (Å²) in [4.78, 5) is 29.5. The minimum atomic E-state index is -0.453. The molecule has 0 N–H and O–H groups in total. The maximum atomic E-state index is 13.4. The fourth-order valence-corrected chi connectivity index (χ4v) is 3.53. The number of anilines is 1. The zero-order chi connectivity index (χ0) is 18.7. The van der Waals surface area contributed by atoms with Gasteiger partial charge in [0.25, 0.3) is 5.91 Å². The predicted octanol–water partition coefficient (Wildman–Crippen LogP) is 4.86. The van der Waals surface area contributed by atoms with Crippen LogP contribution in [-0.4, -0.2) is 28.9 Å².